The molecule has 84 valence electrons. The van der Waals surface area contributed by atoms with Gasteiger partial charge in [0.05, 0.1) is 6.42 Å². The van der Waals surface area contributed by atoms with E-state index in [0.717, 1.165) is 19.3 Å². The lowest BCUT2D eigenvalue weighted by atomic mass is 9.66. The number of hydrogen-bond acceptors (Lipinski definition) is 2. The molecule has 1 saturated carbocycles. The summed E-state index contributed by atoms with van der Waals surface area (Å²) in [6, 6.07) is 0. The van der Waals surface area contributed by atoms with Gasteiger partial charge in [0.1, 0.15) is 0 Å². The van der Waals surface area contributed by atoms with Crippen molar-refractivity contribution in [3.63, 3.8) is 0 Å². The molecule has 0 spiro atoms. The van der Waals surface area contributed by atoms with Crippen molar-refractivity contribution >= 4 is 11.9 Å². The van der Waals surface area contributed by atoms with E-state index >= 15 is 0 Å². The molecular weight excluding hydrogens is 194 g/mol. The number of rotatable bonds is 5. The van der Waals surface area contributed by atoms with Gasteiger partial charge in [0.2, 0.25) is 5.91 Å². The van der Waals surface area contributed by atoms with Gasteiger partial charge in [0.15, 0.2) is 0 Å². The fourth-order valence-electron chi connectivity index (χ4n) is 1.90. The number of carbonyl (C=O) groups excluding carboxylic acids is 1. The summed E-state index contributed by atoms with van der Waals surface area (Å²) in [4.78, 5) is 21.8. The van der Waals surface area contributed by atoms with Crippen LogP contribution in [0.1, 0.15) is 32.6 Å². The first kappa shape index (κ1) is 11.8. The molecule has 0 aliphatic heterocycles. The van der Waals surface area contributed by atoms with Crippen LogP contribution in [0.2, 0.25) is 0 Å². The standard InChI is InChI=1S/C11H17NO3/c1-2-4-9(13)12-8-11(5-3-6-11)7-10(14)15/h2,4H,3,5-8H2,1H3,(H,12,13)(H,14,15)/b4-2+. The molecule has 1 aliphatic carbocycles. The van der Waals surface area contributed by atoms with Gasteiger partial charge in [0, 0.05) is 6.54 Å². The predicted molar refractivity (Wildman–Crippen MR) is 56.4 cm³/mol. The van der Waals surface area contributed by atoms with Crippen LogP contribution in [0.5, 0.6) is 0 Å². The van der Waals surface area contributed by atoms with Crippen molar-refractivity contribution in [1.82, 2.24) is 5.32 Å². The molecule has 1 aliphatic rings. The highest BCUT2D eigenvalue weighted by Crippen LogP contribution is 2.43. The smallest absolute Gasteiger partial charge is 0.303 e. The summed E-state index contributed by atoms with van der Waals surface area (Å²) >= 11 is 0. The molecule has 0 bridgehead atoms. The highest BCUT2D eigenvalue weighted by Gasteiger charge is 2.38. The Kier molecular flexibility index (Phi) is 3.88. The van der Waals surface area contributed by atoms with Gasteiger partial charge in [-0.1, -0.05) is 12.5 Å². The monoisotopic (exact) mass is 211 g/mol. The lowest BCUT2D eigenvalue weighted by Crippen LogP contribution is -2.43. The van der Waals surface area contributed by atoms with Crippen LogP contribution in [-0.2, 0) is 9.59 Å². The number of allylic oxidation sites excluding steroid dienone is 1. The van der Waals surface area contributed by atoms with Gasteiger partial charge in [-0.05, 0) is 31.3 Å². The van der Waals surface area contributed by atoms with Crippen LogP contribution in [0.15, 0.2) is 12.2 Å². The van der Waals surface area contributed by atoms with Gasteiger partial charge in [0.25, 0.3) is 0 Å². The minimum absolute atomic E-state index is 0.144. The number of carbonyl (C=O) groups is 2. The summed E-state index contributed by atoms with van der Waals surface area (Å²) in [6.45, 7) is 2.25. The fraction of sp³-hybridized carbons (Fsp3) is 0.636. The Morgan fingerprint density at radius 3 is 2.53 bits per heavy atom. The maximum atomic E-state index is 11.2. The first-order valence-electron chi connectivity index (χ1n) is 5.20. The van der Waals surface area contributed by atoms with Crippen molar-refractivity contribution in [2.24, 2.45) is 5.41 Å². The van der Waals surface area contributed by atoms with Gasteiger partial charge >= 0.3 is 5.97 Å². The van der Waals surface area contributed by atoms with Gasteiger partial charge < -0.3 is 10.4 Å². The zero-order valence-corrected chi connectivity index (χ0v) is 8.95. The Balaban J connectivity index is 2.40. The van der Waals surface area contributed by atoms with Crippen molar-refractivity contribution in [3.05, 3.63) is 12.2 Å². The summed E-state index contributed by atoms with van der Waals surface area (Å²) in [5, 5.41) is 11.5. The molecule has 1 fully saturated rings. The van der Waals surface area contributed by atoms with Crippen LogP contribution in [0.4, 0.5) is 0 Å². The first-order valence-corrected chi connectivity index (χ1v) is 5.20. The molecule has 2 N–H and O–H groups in total. The molecule has 1 rings (SSSR count). The third-order valence-corrected chi connectivity index (χ3v) is 2.90. The van der Waals surface area contributed by atoms with Crippen LogP contribution >= 0.6 is 0 Å². The lowest BCUT2D eigenvalue weighted by Gasteiger charge is -2.40. The molecule has 0 saturated heterocycles. The Labute approximate surface area is 89.4 Å². The summed E-state index contributed by atoms with van der Waals surface area (Å²) < 4.78 is 0. The van der Waals surface area contributed by atoms with Crippen LogP contribution < -0.4 is 5.32 Å². The van der Waals surface area contributed by atoms with E-state index in [1.54, 1.807) is 13.0 Å². The lowest BCUT2D eigenvalue weighted by molar-refractivity contribution is -0.141. The molecule has 0 unspecified atom stereocenters. The molecule has 1 amide bonds. The number of amides is 1. The van der Waals surface area contributed by atoms with Crippen molar-refractivity contribution in [1.29, 1.82) is 0 Å². The minimum Gasteiger partial charge on any atom is -0.481 e. The van der Waals surface area contributed by atoms with E-state index in [1.165, 1.54) is 6.08 Å². The predicted octanol–water partition coefficient (Wildman–Crippen LogP) is 1.32. The molecule has 4 heteroatoms. The van der Waals surface area contributed by atoms with Crippen molar-refractivity contribution < 1.29 is 14.7 Å². The van der Waals surface area contributed by atoms with Crippen molar-refractivity contribution in [2.45, 2.75) is 32.6 Å². The molecule has 4 nitrogen and oxygen atoms in total. The molecule has 0 radical (unpaired) electrons. The van der Waals surface area contributed by atoms with Gasteiger partial charge in [-0.25, -0.2) is 0 Å². The van der Waals surface area contributed by atoms with Gasteiger partial charge in [-0.15, -0.1) is 0 Å². The average Bonchev–Trinajstić information content (AvgIpc) is 2.09. The van der Waals surface area contributed by atoms with E-state index < -0.39 is 5.97 Å². The second-order valence-corrected chi connectivity index (χ2v) is 4.14. The Morgan fingerprint density at radius 2 is 2.13 bits per heavy atom. The highest BCUT2D eigenvalue weighted by molar-refractivity contribution is 5.87. The van der Waals surface area contributed by atoms with E-state index in [2.05, 4.69) is 5.32 Å². The van der Waals surface area contributed by atoms with Crippen LogP contribution in [0.3, 0.4) is 0 Å². The quantitative estimate of drug-likeness (QED) is 0.674. The van der Waals surface area contributed by atoms with E-state index in [0.29, 0.717) is 6.54 Å². The fourth-order valence-corrected chi connectivity index (χ4v) is 1.90. The molecule has 0 heterocycles. The highest BCUT2D eigenvalue weighted by atomic mass is 16.4. The number of nitrogens with one attached hydrogen (secondary N) is 1. The number of aliphatic carboxylic acids is 1. The van der Waals surface area contributed by atoms with Crippen molar-refractivity contribution in [3.8, 4) is 0 Å². The minimum atomic E-state index is -0.782. The topological polar surface area (TPSA) is 66.4 Å². The van der Waals surface area contributed by atoms with Crippen LogP contribution in [0.25, 0.3) is 0 Å². The third-order valence-electron chi connectivity index (χ3n) is 2.90. The largest absolute Gasteiger partial charge is 0.481 e. The van der Waals surface area contributed by atoms with Crippen LogP contribution in [0, 0.1) is 5.41 Å². The zero-order chi connectivity index (χ0) is 11.3. The Bertz CT molecular complexity index is 280. The molecular formula is C11H17NO3. The van der Waals surface area contributed by atoms with E-state index in [-0.39, 0.29) is 17.7 Å². The van der Waals surface area contributed by atoms with E-state index in [9.17, 15) is 9.59 Å². The van der Waals surface area contributed by atoms with Crippen LogP contribution in [-0.4, -0.2) is 23.5 Å². The summed E-state index contributed by atoms with van der Waals surface area (Å²) in [5.41, 5.74) is -0.191. The van der Waals surface area contributed by atoms with Crippen molar-refractivity contribution in [2.75, 3.05) is 6.54 Å². The zero-order valence-electron chi connectivity index (χ0n) is 8.95. The second-order valence-electron chi connectivity index (χ2n) is 4.14. The molecule has 0 aromatic rings. The number of carboxylic acid groups (broad SMARTS) is 1. The maximum absolute atomic E-state index is 11.2. The number of hydrogen-bond donors (Lipinski definition) is 2. The maximum Gasteiger partial charge on any atom is 0.303 e. The summed E-state index contributed by atoms with van der Waals surface area (Å²) in [6.07, 6.45) is 6.13. The van der Waals surface area contributed by atoms with E-state index in [4.69, 9.17) is 5.11 Å². The number of carboxylic acids is 1. The second kappa shape index (κ2) is 4.96. The summed E-state index contributed by atoms with van der Waals surface area (Å²) in [5.74, 6) is -0.927. The first-order chi connectivity index (χ1) is 7.08. The average molecular weight is 211 g/mol. The third kappa shape index (κ3) is 3.38. The Hall–Kier alpha value is -1.32. The molecule has 0 aromatic carbocycles. The molecule has 0 aromatic heterocycles. The van der Waals surface area contributed by atoms with Gasteiger partial charge in [-0.3, -0.25) is 9.59 Å². The summed E-state index contributed by atoms with van der Waals surface area (Å²) in [7, 11) is 0. The normalized spacial score (nSPS) is 18.5. The molecule has 0 atom stereocenters. The van der Waals surface area contributed by atoms with Gasteiger partial charge in [-0.2, -0.15) is 0 Å². The molecule has 15 heavy (non-hydrogen) atoms. The van der Waals surface area contributed by atoms with E-state index in [1.807, 2.05) is 0 Å². The SMILES string of the molecule is C/C=C/C(=O)NCC1(CC(=O)O)CCC1. The Morgan fingerprint density at radius 1 is 1.47 bits per heavy atom.